The summed E-state index contributed by atoms with van der Waals surface area (Å²) in [4.78, 5) is 11.6. The lowest BCUT2D eigenvalue weighted by Crippen LogP contribution is -2.30. The quantitative estimate of drug-likeness (QED) is 0.839. The van der Waals surface area contributed by atoms with Gasteiger partial charge in [0.1, 0.15) is 0 Å². The maximum absolute atomic E-state index is 12.3. The molecule has 4 nitrogen and oxygen atoms in total. The Hall–Kier alpha value is -1.62. The second kappa shape index (κ2) is 4.94. The molecule has 0 fully saturated rings. The zero-order chi connectivity index (χ0) is 13.2. The molecule has 1 aromatic rings. The SMILES string of the molecule is CC(=O)C1=CN(S(=O)(=O)c2ccccc2)CCC1. The first-order valence-corrected chi connectivity index (χ1v) is 7.24. The van der Waals surface area contributed by atoms with Crippen LogP contribution in [-0.4, -0.2) is 25.1 Å². The maximum Gasteiger partial charge on any atom is 0.263 e. The standard InChI is InChI=1S/C13H15NO3S/c1-11(15)12-6-5-9-14(10-12)18(16,17)13-7-3-2-4-8-13/h2-4,7-8,10H,5-6,9H2,1H3. The highest BCUT2D eigenvalue weighted by Crippen LogP contribution is 2.22. The van der Waals surface area contributed by atoms with Gasteiger partial charge in [-0.05, 0) is 31.9 Å². The largest absolute Gasteiger partial charge is 0.295 e. The van der Waals surface area contributed by atoms with Crippen LogP contribution >= 0.6 is 0 Å². The van der Waals surface area contributed by atoms with Gasteiger partial charge in [-0.1, -0.05) is 18.2 Å². The molecular formula is C13H15NO3S. The molecule has 96 valence electrons. The third-order valence-electron chi connectivity index (χ3n) is 2.93. The van der Waals surface area contributed by atoms with Gasteiger partial charge in [-0.15, -0.1) is 0 Å². The number of Topliss-reactive ketones (excluding diaryl/α,β-unsaturated/α-hetero) is 1. The molecule has 0 amide bonds. The molecule has 0 radical (unpaired) electrons. The maximum atomic E-state index is 12.3. The molecule has 0 bridgehead atoms. The second-order valence-corrected chi connectivity index (χ2v) is 6.13. The molecule has 0 aromatic heterocycles. The Morgan fingerprint density at radius 2 is 1.89 bits per heavy atom. The summed E-state index contributed by atoms with van der Waals surface area (Å²) in [6.07, 6.45) is 2.79. The lowest BCUT2D eigenvalue weighted by Gasteiger charge is -2.25. The van der Waals surface area contributed by atoms with E-state index in [9.17, 15) is 13.2 Å². The fourth-order valence-corrected chi connectivity index (χ4v) is 3.32. The van der Waals surface area contributed by atoms with Crippen molar-refractivity contribution in [3.8, 4) is 0 Å². The molecule has 18 heavy (non-hydrogen) atoms. The van der Waals surface area contributed by atoms with E-state index in [1.54, 1.807) is 30.3 Å². The summed E-state index contributed by atoms with van der Waals surface area (Å²) in [5, 5.41) is 0. The highest BCUT2D eigenvalue weighted by molar-refractivity contribution is 7.89. The number of benzene rings is 1. The number of carbonyl (C=O) groups excluding carboxylic acids is 1. The zero-order valence-electron chi connectivity index (χ0n) is 10.2. The van der Waals surface area contributed by atoms with Crippen molar-refractivity contribution in [1.29, 1.82) is 0 Å². The summed E-state index contributed by atoms with van der Waals surface area (Å²) in [6, 6.07) is 8.27. The molecule has 0 N–H and O–H groups in total. The predicted octanol–water partition coefficient (Wildman–Crippen LogP) is 1.94. The monoisotopic (exact) mass is 265 g/mol. The van der Waals surface area contributed by atoms with Gasteiger partial charge in [0.2, 0.25) is 0 Å². The number of sulfonamides is 1. The van der Waals surface area contributed by atoms with Crippen molar-refractivity contribution in [3.05, 3.63) is 42.1 Å². The molecule has 1 aliphatic rings. The van der Waals surface area contributed by atoms with Crippen molar-refractivity contribution >= 4 is 15.8 Å². The van der Waals surface area contributed by atoms with Gasteiger partial charge in [0, 0.05) is 18.3 Å². The molecule has 0 spiro atoms. The van der Waals surface area contributed by atoms with Crippen LogP contribution in [0.4, 0.5) is 0 Å². The Bertz CT molecular complexity index is 576. The molecular weight excluding hydrogens is 250 g/mol. The van der Waals surface area contributed by atoms with Crippen LogP contribution < -0.4 is 0 Å². The van der Waals surface area contributed by atoms with Crippen molar-refractivity contribution in [1.82, 2.24) is 4.31 Å². The molecule has 0 aliphatic carbocycles. The molecule has 1 aromatic carbocycles. The molecule has 0 unspecified atom stereocenters. The van der Waals surface area contributed by atoms with Crippen LogP contribution in [0.1, 0.15) is 19.8 Å². The Kier molecular flexibility index (Phi) is 3.52. The lowest BCUT2D eigenvalue weighted by atomic mass is 10.1. The minimum Gasteiger partial charge on any atom is -0.295 e. The minimum atomic E-state index is -3.52. The van der Waals surface area contributed by atoms with Crippen molar-refractivity contribution < 1.29 is 13.2 Å². The van der Waals surface area contributed by atoms with E-state index in [4.69, 9.17) is 0 Å². The van der Waals surface area contributed by atoms with Crippen molar-refractivity contribution in [2.75, 3.05) is 6.54 Å². The van der Waals surface area contributed by atoms with Gasteiger partial charge in [0.25, 0.3) is 10.0 Å². The number of allylic oxidation sites excluding steroid dienone is 1. The number of rotatable bonds is 3. The molecule has 1 heterocycles. The third-order valence-corrected chi connectivity index (χ3v) is 4.70. The van der Waals surface area contributed by atoms with E-state index < -0.39 is 10.0 Å². The van der Waals surface area contributed by atoms with E-state index in [-0.39, 0.29) is 10.7 Å². The topological polar surface area (TPSA) is 54.5 Å². The molecule has 0 saturated heterocycles. The van der Waals surface area contributed by atoms with Gasteiger partial charge in [-0.25, -0.2) is 8.42 Å². The lowest BCUT2D eigenvalue weighted by molar-refractivity contribution is -0.113. The Morgan fingerprint density at radius 3 is 2.50 bits per heavy atom. The highest BCUT2D eigenvalue weighted by Gasteiger charge is 2.25. The number of hydrogen-bond acceptors (Lipinski definition) is 3. The van der Waals surface area contributed by atoms with Crippen LogP contribution in [0, 0.1) is 0 Å². The molecule has 2 rings (SSSR count). The summed E-state index contributed by atoms with van der Waals surface area (Å²) < 4.78 is 25.9. The smallest absolute Gasteiger partial charge is 0.263 e. The number of carbonyl (C=O) groups is 1. The Labute approximate surface area is 107 Å². The van der Waals surface area contributed by atoms with Crippen LogP contribution in [0.3, 0.4) is 0 Å². The number of hydrogen-bond donors (Lipinski definition) is 0. The molecule has 1 aliphatic heterocycles. The van der Waals surface area contributed by atoms with E-state index in [2.05, 4.69) is 0 Å². The first-order chi connectivity index (χ1) is 8.51. The van der Waals surface area contributed by atoms with Crippen LogP contribution in [0.2, 0.25) is 0 Å². The van der Waals surface area contributed by atoms with Crippen molar-refractivity contribution in [2.45, 2.75) is 24.7 Å². The van der Waals surface area contributed by atoms with E-state index in [1.165, 1.54) is 17.4 Å². The number of nitrogens with zero attached hydrogens (tertiary/aromatic N) is 1. The first kappa shape index (κ1) is 12.8. The van der Waals surface area contributed by atoms with Crippen LogP contribution in [0.5, 0.6) is 0 Å². The predicted molar refractivity (Wildman–Crippen MR) is 68.3 cm³/mol. The normalized spacial score (nSPS) is 16.3. The van der Waals surface area contributed by atoms with Crippen LogP contribution in [-0.2, 0) is 14.8 Å². The van der Waals surface area contributed by atoms with Gasteiger partial charge >= 0.3 is 0 Å². The summed E-state index contributed by atoms with van der Waals surface area (Å²) in [7, 11) is -3.52. The van der Waals surface area contributed by atoms with Crippen molar-refractivity contribution in [2.24, 2.45) is 0 Å². The zero-order valence-corrected chi connectivity index (χ0v) is 11.0. The summed E-state index contributed by atoms with van der Waals surface area (Å²) in [5.74, 6) is -0.0667. The van der Waals surface area contributed by atoms with Gasteiger partial charge in [0.15, 0.2) is 5.78 Å². The van der Waals surface area contributed by atoms with Crippen LogP contribution in [0.25, 0.3) is 0 Å². The molecule has 0 atom stereocenters. The van der Waals surface area contributed by atoms with E-state index in [1.807, 2.05) is 0 Å². The fraction of sp³-hybridized carbons (Fsp3) is 0.308. The van der Waals surface area contributed by atoms with Gasteiger partial charge < -0.3 is 0 Å². The van der Waals surface area contributed by atoms with E-state index in [0.717, 1.165) is 0 Å². The summed E-state index contributed by atoms with van der Waals surface area (Å²) in [6.45, 7) is 1.89. The van der Waals surface area contributed by atoms with Gasteiger partial charge in [0.05, 0.1) is 4.90 Å². The van der Waals surface area contributed by atoms with Gasteiger partial charge in [-0.3, -0.25) is 9.10 Å². The highest BCUT2D eigenvalue weighted by atomic mass is 32.2. The van der Waals surface area contributed by atoms with Crippen LogP contribution in [0.15, 0.2) is 47.0 Å². The average molecular weight is 265 g/mol. The third kappa shape index (κ3) is 2.46. The van der Waals surface area contributed by atoms with E-state index >= 15 is 0 Å². The summed E-state index contributed by atoms with van der Waals surface area (Å²) in [5.41, 5.74) is 0.570. The Balaban J connectivity index is 2.37. The Morgan fingerprint density at radius 1 is 1.22 bits per heavy atom. The van der Waals surface area contributed by atoms with E-state index in [0.29, 0.717) is 25.0 Å². The second-order valence-electron chi connectivity index (χ2n) is 4.24. The average Bonchev–Trinajstić information content (AvgIpc) is 2.40. The summed E-state index contributed by atoms with van der Waals surface area (Å²) >= 11 is 0. The first-order valence-electron chi connectivity index (χ1n) is 5.80. The minimum absolute atomic E-state index is 0.0667. The fourth-order valence-electron chi connectivity index (χ4n) is 1.91. The molecule has 0 saturated carbocycles. The molecule has 5 heteroatoms. The number of ketones is 1. The van der Waals surface area contributed by atoms with Gasteiger partial charge in [-0.2, -0.15) is 0 Å². The van der Waals surface area contributed by atoms with Crippen molar-refractivity contribution in [3.63, 3.8) is 0 Å².